The molecule has 4 heteroatoms. The SMILES string of the molecule is CCc1ccc2nccc(Nc3cc(F)ccc3F)c2c1. The Kier molecular flexibility index (Phi) is 3.52. The lowest BCUT2D eigenvalue weighted by atomic mass is 10.1. The van der Waals surface area contributed by atoms with Crippen molar-refractivity contribution >= 4 is 22.3 Å². The summed E-state index contributed by atoms with van der Waals surface area (Å²) in [6, 6.07) is 11.1. The average molecular weight is 284 g/mol. The van der Waals surface area contributed by atoms with Crippen LogP contribution < -0.4 is 5.32 Å². The zero-order valence-corrected chi connectivity index (χ0v) is 11.5. The summed E-state index contributed by atoms with van der Waals surface area (Å²) in [4.78, 5) is 4.29. The number of anilines is 2. The van der Waals surface area contributed by atoms with Gasteiger partial charge in [-0.3, -0.25) is 4.98 Å². The Hall–Kier alpha value is -2.49. The van der Waals surface area contributed by atoms with Gasteiger partial charge in [0.2, 0.25) is 0 Å². The number of pyridine rings is 1. The molecule has 1 aromatic heterocycles. The fraction of sp³-hybridized carbons (Fsp3) is 0.118. The highest BCUT2D eigenvalue weighted by atomic mass is 19.1. The smallest absolute Gasteiger partial charge is 0.146 e. The van der Waals surface area contributed by atoms with Crippen molar-refractivity contribution in [2.45, 2.75) is 13.3 Å². The molecule has 0 aliphatic carbocycles. The van der Waals surface area contributed by atoms with Crippen LogP contribution in [0.3, 0.4) is 0 Å². The van der Waals surface area contributed by atoms with Crippen molar-refractivity contribution in [1.29, 1.82) is 0 Å². The van der Waals surface area contributed by atoms with Crippen LogP contribution in [-0.2, 0) is 6.42 Å². The van der Waals surface area contributed by atoms with Crippen LogP contribution in [0.5, 0.6) is 0 Å². The number of hydrogen-bond acceptors (Lipinski definition) is 2. The third-order valence-electron chi connectivity index (χ3n) is 3.41. The van der Waals surface area contributed by atoms with Crippen LogP contribution in [0, 0.1) is 11.6 Å². The highest BCUT2D eigenvalue weighted by molar-refractivity contribution is 5.93. The minimum atomic E-state index is -0.493. The Morgan fingerprint density at radius 2 is 1.86 bits per heavy atom. The molecule has 1 N–H and O–H groups in total. The Balaban J connectivity index is 2.09. The van der Waals surface area contributed by atoms with Gasteiger partial charge in [-0.05, 0) is 42.3 Å². The van der Waals surface area contributed by atoms with Crippen LogP contribution >= 0.6 is 0 Å². The maximum atomic E-state index is 13.8. The van der Waals surface area contributed by atoms with Crippen molar-refractivity contribution in [3.63, 3.8) is 0 Å². The number of nitrogens with zero attached hydrogens (tertiary/aromatic N) is 1. The van der Waals surface area contributed by atoms with E-state index in [1.807, 2.05) is 18.2 Å². The molecule has 2 aromatic carbocycles. The minimum absolute atomic E-state index is 0.115. The lowest BCUT2D eigenvalue weighted by molar-refractivity contribution is 0.603. The predicted molar refractivity (Wildman–Crippen MR) is 80.8 cm³/mol. The molecule has 0 radical (unpaired) electrons. The highest BCUT2D eigenvalue weighted by Gasteiger charge is 2.07. The largest absolute Gasteiger partial charge is 0.352 e. The number of aryl methyl sites for hydroxylation is 1. The van der Waals surface area contributed by atoms with Gasteiger partial charge in [0.1, 0.15) is 11.6 Å². The molecule has 1 heterocycles. The van der Waals surface area contributed by atoms with Crippen LogP contribution in [-0.4, -0.2) is 4.98 Å². The van der Waals surface area contributed by atoms with E-state index in [0.29, 0.717) is 5.69 Å². The van der Waals surface area contributed by atoms with Crippen LogP contribution in [0.25, 0.3) is 10.9 Å². The monoisotopic (exact) mass is 284 g/mol. The second-order valence-electron chi connectivity index (χ2n) is 4.81. The third kappa shape index (κ3) is 2.70. The molecule has 0 aliphatic rings. The van der Waals surface area contributed by atoms with E-state index in [0.717, 1.165) is 35.5 Å². The van der Waals surface area contributed by atoms with E-state index in [-0.39, 0.29) is 5.69 Å². The van der Waals surface area contributed by atoms with Crippen molar-refractivity contribution in [3.05, 3.63) is 65.9 Å². The van der Waals surface area contributed by atoms with Gasteiger partial charge in [0.05, 0.1) is 11.2 Å². The minimum Gasteiger partial charge on any atom is -0.352 e. The number of aromatic nitrogens is 1. The van der Waals surface area contributed by atoms with E-state index in [9.17, 15) is 8.78 Å². The second-order valence-corrected chi connectivity index (χ2v) is 4.81. The quantitative estimate of drug-likeness (QED) is 0.746. The molecule has 0 saturated heterocycles. The summed E-state index contributed by atoms with van der Waals surface area (Å²) in [5.74, 6) is -0.973. The van der Waals surface area contributed by atoms with Crippen LogP contribution in [0.2, 0.25) is 0 Å². The highest BCUT2D eigenvalue weighted by Crippen LogP contribution is 2.27. The van der Waals surface area contributed by atoms with E-state index in [1.165, 1.54) is 5.56 Å². The summed E-state index contributed by atoms with van der Waals surface area (Å²) in [6.07, 6.45) is 2.55. The molecule has 21 heavy (non-hydrogen) atoms. The van der Waals surface area contributed by atoms with Crippen molar-refractivity contribution in [2.24, 2.45) is 0 Å². The first-order chi connectivity index (χ1) is 10.2. The Morgan fingerprint density at radius 3 is 2.67 bits per heavy atom. The summed E-state index contributed by atoms with van der Waals surface area (Å²) in [6.45, 7) is 2.07. The Morgan fingerprint density at radius 1 is 1.00 bits per heavy atom. The third-order valence-corrected chi connectivity index (χ3v) is 3.41. The molecule has 2 nitrogen and oxygen atoms in total. The molecule has 0 amide bonds. The topological polar surface area (TPSA) is 24.9 Å². The fourth-order valence-electron chi connectivity index (χ4n) is 2.26. The first-order valence-electron chi connectivity index (χ1n) is 6.77. The first kappa shape index (κ1) is 13.5. The van der Waals surface area contributed by atoms with Crippen molar-refractivity contribution in [3.8, 4) is 0 Å². The molecule has 0 unspecified atom stereocenters. The van der Waals surface area contributed by atoms with Crippen LogP contribution in [0.15, 0.2) is 48.7 Å². The number of nitrogens with one attached hydrogen (secondary N) is 1. The number of fused-ring (bicyclic) bond motifs is 1. The van der Waals surface area contributed by atoms with E-state index < -0.39 is 11.6 Å². The molecule has 0 bridgehead atoms. The number of rotatable bonds is 3. The molecule has 0 saturated carbocycles. The molecule has 3 aromatic rings. The van der Waals surface area contributed by atoms with Crippen molar-refractivity contribution in [2.75, 3.05) is 5.32 Å². The predicted octanol–water partition coefficient (Wildman–Crippen LogP) is 4.82. The maximum Gasteiger partial charge on any atom is 0.146 e. The van der Waals surface area contributed by atoms with Crippen molar-refractivity contribution < 1.29 is 8.78 Å². The van der Waals surface area contributed by atoms with E-state index in [2.05, 4.69) is 17.2 Å². The Labute approximate surface area is 121 Å². The zero-order valence-electron chi connectivity index (χ0n) is 11.5. The maximum absolute atomic E-state index is 13.8. The lowest BCUT2D eigenvalue weighted by Gasteiger charge is -2.11. The number of halogens is 2. The van der Waals surface area contributed by atoms with Crippen molar-refractivity contribution in [1.82, 2.24) is 4.98 Å². The summed E-state index contributed by atoms with van der Waals surface area (Å²) < 4.78 is 27.0. The van der Waals surface area contributed by atoms with E-state index >= 15 is 0 Å². The van der Waals surface area contributed by atoms with E-state index in [4.69, 9.17) is 0 Å². The summed E-state index contributed by atoms with van der Waals surface area (Å²) in [5.41, 5.74) is 2.80. The summed E-state index contributed by atoms with van der Waals surface area (Å²) in [7, 11) is 0. The summed E-state index contributed by atoms with van der Waals surface area (Å²) in [5, 5.41) is 3.84. The number of benzene rings is 2. The molecule has 0 atom stereocenters. The lowest BCUT2D eigenvalue weighted by Crippen LogP contribution is -1.96. The van der Waals surface area contributed by atoms with Gasteiger partial charge in [0.25, 0.3) is 0 Å². The van der Waals surface area contributed by atoms with Gasteiger partial charge < -0.3 is 5.32 Å². The fourth-order valence-corrected chi connectivity index (χ4v) is 2.26. The van der Waals surface area contributed by atoms with Gasteiger partial charge in [-0.2, -0.15) is 0 Å². The van der Waals surface area contributed by atoms with Gasteiger partial charge >= 0.3 is 0 Å². The van der Waals surface area contributed by atoms with Gasteiger partial charge in [0.15, 0.2) is 0 Å². The molecule has 0 fully saturated rings. The van der Waals surface area contributed by atoms with Gasteiger partial charge in [-0.15, -0.1) is 0 Å². The van der Waals surface area contributed by atoms with Gasteiger partial charge in [-0.25, -0.2) is 8.78 Å². The van der Waals surface area contributed by atoms with E-state index in [1.54, 1.807) is 12.3 Å². The molecule has 3 rings (SSSR count). The average Bonchev–Trinajstić information content (AvgIpc) is 2.51. The first-order valence-corrected chi connectivity index (χ1v) is 6.77. The van der Waals surface area contributed by atoms with Gasteiger partial charge in [-0.1, -0.05) is 13.0 Å². The second kappa shape index (κ2) is 5.48. The van der Waals surface area contributed by atoms with Crippen LogP contribution in [0.4, 0.5) is 20.2 Å². The number of hydrogen-bond donors (Lipinski definition) is 1. The molecular weight excluding hydrogens is 270 g/mol. The van der Waals surface area contributed by atoms with Crippen LogP contribution in [0.1, 0.15) is 12.5 Å². The Bertz CT molecular complexity index is 800. The standard InChI is InChI=1S/C17H14F2N2/c1-2-11-3-6-15-13(9-11)16(7-8-20-15)21-17-10-12(18)4-5-14(17)19/h3-10H,2H2,1H3,(H,20,21). The molecule has 0 aliphatic heterocycles. The zero-order chi connectivity index (χ0) is 14.8. The molecule has 106 valence electrons. The normalized spacial score (nSPS) is 10.8. The summed E-state index contributed by atoms with van der Waals surface area (Å²) >= 11 is 0. The molecular formula is C17H14F2N2. The molecule has 0 spiro atoms. The van der Waals surface area contributed by atoms with Gasteiger partial charge in [0, 0.05) is 23.3 Å².